The first kappa shape index (κ1) is 19.7. The first-order valence-corrected chi connectivity index (χ1v) is 9.63. The second-order valence-corrected chi connectivity index (χ2v) is 7.99. The second-order valence-electron chi connectivity index (χ2n) is 5.73. The molecule has 2 unspecified atom stereocenters. The molecule has 1 heterocycles. The van der Waals surface area contributed by atoms with E-state index in [4.69, 9.17) is 9.47 Å². The summed E-state index contributed by atoms with van der Waals surface area (Å²) in [5, 5.41) is 3.16. The average molecular weight is 349 g/mol. The molecule has 0 bridgehead atoms. The van der Waals surface area contributed by atoms with Crippen molar-refractivity contribution in [3.8, 4) is 0 Å². The quantitative estimate of drug-likeness (QED) is 0.283. The minimum Gasteiger partial charge on any atom is -0.469 e. The Morgan fingerprint density at radius 2 is 2.04 bits per heavy atom. The van der Waals surface area contributed by atoms with Crippen molar-refractivity contribution in [1.29, 1.82) is 0 Å². The Bertz CT molecular complexity index is 521. The number of hydrogen-bond donors (Lipinski definition) is 1. The molecule has 0 radical (unpaired) electrons. The Morgan fingerprint density at radius 1 is 1.35 bits per heavy atom. The average Bonchev–Trinajstić information content (AvgIpc) is 2.86. The fourth-order valence-electron chi connectivity index (χ4n) is 2.48. The summed E-state index contributed by atoms with van der Waals surface area (Å²) >= 11 is 0. The molecule has 0 amide bonds. The smallest absolute Gasteiger partial charge is 0.310 e. The van der Waals surface area contributed by atoms with Crippen LogP contribution in [0.1, 0.15) is 6.92 Å². The lowest BCUT2D eigenvalue weighted by atomic mass is 9.99. The molecule has 23 heavy (non-hydrogen) atoms. The van der Waals surface area contributed by atoms with E-state index in [-0.39, 0.29) is 30.2 Å². The first-order valence-electron chi connectivity index (χ1n) is 7.57. The van der Waals surface area contributed by atoms with Crippen LogP contribution >= 0.6 is 0 Å². The highest BCUT2D eigenvalue weighted by Crippen LogP contribution is 2.23. The summed E-state index contributed by atoms with van der Waals surface area (Å²) in [7, 11) is 0.0954. The van der Waals surface area contributed by atoms with Crippen LogP contribution in [0.25, 0.3) is 0 Å². The largest absolute Gasteiger partial charge is 0.469 e. The maximum absolute atomic E-state index is 11.7. The summed E-state index contributed by atoms with van der Waals surface area (Å²) in [6, 6.07) is 0. The van der Waals surface area contributed by atoms with Crippen molar-refractivity contribution in [3.05, 3.63) is 0 Å². The van der Waals surface area contributed by atoms with Gasteiger partial charge in [0.1, 0.15) is 9.84 Å². The van der Waals surface area contributed by atoms with Crippen LogP contribution in [-0.4, -0.2) is 84.3 Å². The second kappa shape index (κ2) is 9.07. The molecule has 0 spiro atoms. The van der Waals surface area contributed by atoms with Crippen LogP contribution in [0.3, 0.4) is 0 Å². The number of likely N-dealkylation sites (tertiary alicyclic amines) is 1. The lowest BCUT2D eigenvalue weighted by Gasteiger charge is -2.21. The predicted octanol–water partition coefficient (Wildman–Crippen LogP) is -0.636. The minimum atomic E-state index is -2.99. The topological polar surface area (TPSA) is 97.3 Å². The van der Waals surface area contributed by atoms with Gasteiger partial charge < -0.3 is 19.7 Å². The van der Waals surface area contributed by atoms with E-state index in [9.17, 15) is 13.2 Å². The SMILES string of the molecule is CN=C(NCCOCCS(C)(=O)=O)N1CC(C)C(C(=O)OC)C1. The molecule has 0 aromatic carbocycles. The molecule has 134 valence electrons. The van der Waals surface area contributed by atoms with Gasteiger partial charge in [-0.2, -0.15) is 0 Å². The summed E-state index contributed by atoms with van der Waals surface area (Å²) in [5.74, 6) is 0.581. The van der Waals surface area contributed by atoms with Gasteiger partial charge in [0.15, 0.2) is 5.96 Å². The van der Waals surface area contributed by atoms with Crippen LogP contribution in [-0.2, 0) is 24.1 Å². The van der Waals surface area contributed by atoms with E-state index < -0.39 is 9.84 Å². The molecule has 1 saturated heterocycles. The molecule has 9 heteroatoms. The van der Waals surface area contributed by atoms with Crippen molar-refractivity contribution >= 4 is 21.8 Å². The Morgan fingerprint density at radius 3 is 2.61 bits per heavy atom. The van der Waals surface area contributed by atoms with Gasteiger partial charge in [-0.15, -0.1) is 0 Å². The van der Waals surface area contributed by atoms with E-state index in [0.717, 1.165) is 6.54 Å². The Kier molecular flexibility index (Phi) is 7.77. The summed E-state index contributed by atoms with van der Waals surface area (Å²) in [4.78, 5) is 17.9. The lowest BCUT2D eigenvalue weighted by molar-refractivity contribution is -0.145. The summed E-state index contributed by atoms with van der Waals surface area (Å²) in [6.07, 6.45) is 1.18. The number of nitrogens with zero attached hydrogens (tertiary/aromatic N) is 2. The Balaban J connectivity index is 2.34. The van der Waals surface area contributed by atoms with Crippen LogP contribution < -0.4 is 5.32 Å². The number of guanidine groups is 1. The highest BCUT2D eigenvalue weighted by atomic mass is 32.2. The Hall–Kier alpha value is -1.35. The standard InChI is InChI=1S/C14H27N3O5S/c1-11-9-17(10-12(11)13(18)21-3)14(15-2)16-5-6-22-7-8-23(4,19)20/h11-12H,5-10H2,1-4H3,(H,15,16). The molecule has 1 fully saturated rings. The van der Waals surface area contributed by atoms with Gasteiger partial charge in [0, 0.05) is 32.9 Å². The molecule has 0 aromatic heterocycles. The number of methoxy groups -OCH3 is 1. The van der Waals surface area contributed by atoms with Gasteiger partial charge in [0.2, 0.25) is 0 Å². The van der Waals surface area contributed by atoms with Gasteiger partial charge in [-0.1, -0.05) is 6.92 Å². The number of carbonyl (C=O) groups is 1. The Labute approximate surface area is 138 Å². The van der Waals surface area contributed by atoms with Gasteiger partial charge in [-0.05, 0) is 5.92 Å². The summed E-state index contributed by atoms with van der Waals surface area (Å²) in [6.45, 7) is 4.41. The third-order valence-electron chi connectivity index (χ3n) is 3.76. The molecular formula is C14H27N3O5S. The number of esters is 1. The zero-order chi connectivity index (χ0) is 17.5. The van der Waals surface area contributed by atoms with E-state index in [0.29, 0.717) is 25.7 Å². The predicted molar refractivity (Wildman–Crippen MR) is 88.1 cm³/mol. The van der Waals surface area contributed by atoms with E-state index in [2.05, 4.69) is 10.3 Å². The van der Waals surface area contributed by atoms with Crippen molar-refractivity contribution in [1.82, 2.24) is 10.2 Å². The van der Waals surface area contributed by atoms with Gasteiger partial charge in [-0.3, -0.25) is 9.79 Å². The van der Waals surface area contributed by atoms with E-state index in [1.165, 1.54) is 13.4 Å². The van der Waals surface area contributed by atoms with Gasteiger partial charge in [0.25, 0.3) is 0 Å². The zero-order valence-electron chi connectivity index (χ0n) is 14.2. The van der Waals surface area contributed by atoms with E-state index in [1.807, 2.05) is 11.8 Å². The lowest BCUT2D eigenvalue weighted by Crippen LogP contribution is -2.42. The molecule has 8 nitrogen and oxygen atoms in total. The van der Waals surface area contributed by atoms with Gasteiger partial charge in [-0.25, -0.2) is 8.42 Å². The first-order chi connectivity index (χ1) is 10.8. The molecule has 1 rings (SSSR count). The third-order valence-corrected chi connectivity index (χ3v) is 4.66. The van der Waals surface area contributed by atoms with Crippen molar-refractivity contribution in [2.24, 2.45) is 16.8 Å². The third kappa shape index (κ3) is 6.74. The number of aliphatic imine (C=N–C) groups is 1. The number of nitrogens with one attached hydrogen (secondary N) is 1. The number of carbonyl (C=O) groups excluding carboxylic acids is 1. The van der Waals surface area contributed by atoms with Crippen molar-refractivity contribution < 1.29 is 22.7 Å². The number of rotatable bonds is 7. The normalized spacial score (nSPS) is 22.3. The van der Waals surface area contributed by atoms with E-state index >= 15 is 0 Å². The number of hydrogen-bond acceptors (Lipinski definition) is 6. The number of ether oxygens (including phenoxy) is 2. The molecule has 1 N–H and O–H groups in total. The molecule has 0 aromatic rings. The fourth-order valence-corrected chi connectivity index (χ4v) is 2.90. The molecule has 2 atom stereocenters. The molecular weight excluding hydrogens is 322 g/mol. The van der Waals surface area contributed by atoms with Crippen molar-refractivity contribution in [2.75, 3.05) is 59.0 Å². The molecule has 1 aliphatic heterocycles. The van der Waals surface area contributed by atoms with E-state index in [1.54, 1.807) is 7.05 Å². The maximum atomic E-state index is 11.7. The molecule has 1 aliphatic rings. The summed E-state index contributed by atoms with van der Waals surface area (Å²) < 4.78 is 32.0. The molecule has 0 saturated carbocycles. The van der Waals surface area contributed by atoms with Crippen LogP contribution in [0, 0.1) is 11.8 Å². The number of sulfone groups is 1. The van der Waals surface area contributed by atoms with Gasteiger partial charge >= 0.3 is 5.97 Å². The van der Waals surface area contributed by atoms with Crippen LogP contribution in [0.5, 0.6) is 0 Å². The highest BCUT2D eigenvalue weighted by molar-refractivity contribution is 7.90. The molecule has 0 aliphatic carbocycles. The maximum Gasteiger partial charge on any atom is 0.310 e. The van der Waals surface area contributed by atoms with Crippen LogP contribution in [0.4, 0.5) is 0 Å². The van der Waals surface area contributed by atoms with Crippen molar-refractivity contribution in [3.63, 3.8) is 0 Å². The minimum absolute atomic E-state index is 0.0200. The van der Waals surface area contributed by atoms with Crippen LogP contribution in [0.15, 0.2) is 4.99 Å². The fraction of sp³-hybridized carbons (Fsp3) is 0.857. The van der Waals surface area contributed by atoms with Crippen LogP contribution in [0.2, 0.25) is 0 Å². The van der Waals surface area contributed by atoms with Gasteiger partial charge in [0.05, 0.1) is 32.0 Å². The van der Waals surface area contributed by atoms with Crippen molar-refractivity contribution in [2.45, 2.75) is 6.92 Å². The monoisotopic (exact) mass is 349 g/mol. The highest BCUT2D eigenvalue weighted by Gasteiger charge is 2.36. The summed E-state index contributed by atoms with van der Waals surface area (Å²) in [5.41, 5.74) is 0. The zero-order valence-corrected chi connectivity index (χ0v) is 15.1.